The molecule has 0 unspecified atom stereocenters. The molecule has 1 aromatic heterocycles. The van der Waals surface area contributed by atoms with Gasteiger partial charge in [0.1, 0.15) is 0 Å². The molecule has 2 saturated heterocycles. The molecule has 29 heavy (non-hydrogen) atoms. The summed E-state index contributed by atoms with van der Waals surface area (Å²) in [6, 6.07) is 16.5. The minimum Gasteiger partial charge on any atom is -0.378 e. The molecule has 0 bridgehead atoms. The number of nitriles is 1. The van der Waals surface area contributed by atoms with Gasteiger partial charge in [-0.05, 0) is 82.3 Å². The Morgan fingerprint density at radius 3 is 2.72 bits per heavy atom. The molecule has 0 spiro atoms. The molecule has 0 N–H and O–H groups in total. The Balaban J connectivity index is 1.52. The molecule has 152 valence electrons. The molecule has 2 aliphatic heterocycles. The highest BCUT2D eigenvalue weighted by atomic mass is 16.5. The van der Waals surface area contributed by atoms with Crippen LogP contribution < -0.4 is 0 Å². The van der Waals surface area contributed by atoms with Crippen molar-refractivity contribution in [1.82, 2.24) is 9.88 Å². The largest absolute Gasteiger partial charge is 0.378 e. The second-order valence-corrected chi connectivity index (χ2v) is 9.12. The summed E-state index contributed by atoms with van der Waals surface area (Å²) >= 11 is 0. The van der Waals surface area contributed by atoms with E-state index >= 15 is 0 Å². The van der Waals surface area contributed by atoms with Crippen molar-refractivity contribution < 1.29 is 4.74 Å². The first kappa shape index (κ1) is 20.1. The van der Waals surface area contributed by atoms with Crippen LogP contribution >= 0.6 is 0 Å². The van der Waals surface area contributed by atoms with E-state index in [2.05, 4.69) is 54.1 Å². The fraction of sp³-hybridized carbons (Fsp3) is 0.520. The lowest BCUT2D eigenvalue weighted by atomic mass is 9.75. The van der Waals surface area contributed by atoms with E-state index in [1.165, 1.54) is 24.8 Å². The number of hydrogen-bond donors (Lipinski definition) is 0. The van der Waals surface area contributed by atoms with Gasteiger partial charge in [-0.15, -0.1) is 0 Å². The van der Waals surface area contributed by atoms with Gasteiger partial charge in [-0.3, -0.25) is 9.88 Å². The summed E-state index contributed by atoms with van der Waals surface area (Å²) in [6.07, 6.45) is 7.92. The lowest BCUT2D eigenvalue weighted by Gasteiger charge is -2.39. The number of pyridine rings is 1. The fourth-order valence-electron chi connectivity index (χ4n) is 5.09. The SMILES string of the molecule is CC(C)(c1ccccn1)N1CC[C@](CCc2ccc(C#N)cc2)([C@@H]2CCCO2)C1. The predicted octanol–water partition coefficient (Wildman–Crippen LogP) is 4.69. The zero-order valence-corrected chi connectivity index (χ0v) is 17.6. The Hall–Kier alpha value is -2.22. The summed E-state index contributed by atoms with van der Waals surface area (Å²) < 4.78 is 6.25. The molecule has 1 aromatic carbocycles. The van der Waals surface area contributed by atoms with E-state index in [0.717, 1.165) is 43.8 Å². The highest BCUT2D eigenvalue weighted by Gasteiger charge is 2.49. The number of hydrogen-bond acceptors (Lipinski definition) is 4. The third-order valence-corrected chi connectivity index (χ3v) is 7.07. The summed E-state index contributed by atoms with van der Waals surface area (Å²) in [5.41, 5.74) is 3.28. The van der Waals surface area contributed by atoms with Gasteiger partial charge in [0.15, 0.2) is 0 Å². The molecule has 0 amide bonds. The third-order valence-electron chi connectivity index (χ3n) is 7.07. The van der Waals surface area contributed by atoms with Gasteiger partial charge >= 0.3 is 0 Å². The molecule has 0 radical (unpaired) electrons. The maximum atomic E-state index is 9.04. The van der Waals surface area contributed by atoms with Crippen LogP contribution in [0.25, 0.3) is 0 Å². The first-order valence-electron chi connectivity index (χ1n) is 10.8. The standard InChI is InChI=1S/C25H31N3O/c1-24(2,22-6-3-4-15-27-22)28-16-14-25(19-28,23-7-5-17-29-23)13-12-20-8-10-21(18-26)11-9-20/h3-4,6,8-11,15,23H,5,7,12-14,16-17,19H2,1-2H3/t23-,25-/m0/s1. The summed E-state index contributed by atoms with van der Waals surface area (Å²) in [5.74, 6) is 0. The molecule has 2 aromatic rings. The second-order valence-electron chi connectivity index (χ2n) is 9.12. The van der Waals surface area contributed by atoms with Crippen molar-refractivity contribution in [2.75, 3.05) is 19.7 Å². The molecule has 2 fully saturated rings. The van der Waals surface area contributed by atoms with Gasteiger partial charge in [0.05, 0.1) is 29.0 Å². The molecule has 4 nitrogen and oxygen atoms in total. The molecule has 0 aliphatic carbocycles. The molecule has 4 heteroatoms. The van der Waals surface area contributed by atoms with Gasteiger partial charge in [-0.2, -0.15) is 5.26 Å². The molecular formula is C25H31N3O. The molecular weight excluding hydrogens is 358 g/mol. The Kier molecular flexibility index (Phi) is 5.72. The number of ether oxygens (including phenoxy) is 1. The van der Waals surface area contributed by atoms with E-state index in [1.807, 2.05) is 24.4 Å². The lowest BCUT2D eigenvalue weighted by molar-refractivity contribution is -0.00860. The summed E-state index contributed by atoms with van der Waals surface area (Å²) in [6.45, 7) is 7.62. The van der Waals surface area contributed by atoms with Crippen molar-refractivity contribution in [3.63, 3.8) is 0 Å². The first-order valence-corrected chi connectivity index (χ1v) is 10.8. The average Bonchev–Trinajstić information content (AvgIpc) is 3.44. The van der Waals surface area contributed by atoms with Gasteiger partial charge in [0, 0.05) is 24.8 Å². The van der Waals surface area contributed by atoms with E-state index in [9.17, 15) is 0 Å². The summed E-state index contributed by atoms with van der Waals surface area (Å²) in [4.78, 5) is 7.26. The van der Waals surface area contributed by atoms with E-state index < -0.39 is 0 Å². The van der Waals surface area contributed by atoms with E-state index in [0.29, 0.717) is 6.10 Å². The second kappa shape index (κ2) is 8.26. The molecule has 4 rings (SSSR count). The monoisotopic (exact) mass is 389 g/mol. The van der Waals surface area contributed by atoms with Crippen LogP contribution in [0.1, 0.15) is 56.4 Å². The van der Waals surface area contributed by atoms with Crippen LogP contribution in [-0.4, -0.2) is 35.7 Å². The van der Waals surface area contributed by atoms with E-state index in [1.54, 1.807) is 0 Å². The van der Waals surface area contributed by atoms with Gasteiger partial charge in [-0.25, -0.2) is 0 Å². The van der Waals surface area contributed by atoms with Crippen molar-refractivity contribution >= 4 is 0 Å². The molecule has 2 aliphatic rings. The molecule has 2 atom stereocenters. The third kappa shape index (κ3) is 4.08. The van der Waals surface area contributed by atoms with Gasteiger partial charge in [0.2, 0.25) is 0 Å². The summed E-state index contributed by atoms with van der Waals surface area (Å²) in [5, 5.41) is 9.04. The van der Waals surface area contributed by atoms with Crippen LogP contribution in [-0.2, 0) is 16.7 Å². The maximum Gasteiger partial charge on any atom is 0.0991 e. The number of likely N-dealkylation sites (tertiary alicyclic amines) is 1. The quantitative estimate of drug-likeness (QED) is 0.719. The van der Waals surface area contributed by atoms with Crippen molar-refractivity contribution in [2.24, 2.45) is 5.41 Å². The van der Waals surface area contributed by atoms with Gasteiger partial charge < -0.3 is 4.74 Å². The Morgan fingerprint density at radius 1 is 1.24 bits per heavy atom. The predicted molar refractivity (Wildman–Crippen MR) is 114 cm³/mol. The lowest BCUT2D eigenvalue weighted by Crippen LogP contribution is -2.44. The average molecular weight is 390 g/mol. The normalized spacial score (nSPS) is 25.2. The van der Waals surface area contributed by atoms with Crippen LogP contribution in [0.4, 0.5) is 0 Å². The highest BCUT2D eigenvalue weighted by molar-refractivity contribution is 5.31. The van der Waals surface area contributed by atoms with Crippen LogP contribution in [0.2, 0.25) is 0 Å². The van der Waals surface area contributed by atoms with Crippen LogP contribution in [0, 0.1) is 16.7 Å². The van der Waals surface area contributed by atoms with Crippen molar-refractivity contribution in [2.45, 2.75) is 57.6 Å². The Bertz CT molecular complexity index is 850. The number of aromatic nitrogens is 1. The number of rotatable bonds is 6. The first-order chi connectivity index (χ1) is 14.0. The van der Waals surface area contributed by atoms with Crippen molar-refractivity contribution in [3.8, 4) is 6.07 Å². The Morgan fingerprint density at radius 2 is 2.07 bits per heavy atom. The Labute approximate surface area is 174 Å². The van der Waals surface area contributed by atoms with Gasteiger partial charge in [0.25, 0.3) is 0 Å². The minimum absolute atomic E-state index is 0.0872. The molecule has 3 heterocycles. The zero-order valence-electron chi connectivity index (χ0n) is 17.6. The summed E-state index contributed by atoms with van der Waals surface area (Å²) in [7, 11) is 0. The highest BCUT2D eigenvalue weighted by Crippen LogP contribution is 2.46. The maximum absolute atomic E-state index is 9.04. The smallest absolute Gasteiger partial charge is 0.0991 e. The van der Waals surface area contributed by atoms with Crippen LogP contribution in [0.15, 0.2) is 48.7 Å². The zero-order chi connectivity index (χ0) is 20.3. The van der Waals surface area contributed by atoms with Crippen LogP contribution in [0.5, 0.6) is 0 Å². The van der Waals surface area contributed by atoms with E-state index in [4.69, 9.17) is 10.00 Å². The number of aryl methyl sites for hydroxylation is 1. The molecule has 0 saturated carbocycles. The van der Waals surface area contributed by atoms with Crippen molar-refractivity contribution in [3.05, 3.63) is 65.5 Å². The van der Waals surface area contributed by atoms with E-state index in [-0.39, 0.29) is 11.0 Å². The number of nitrogens with zero attached hydrogens (tertiary/aromatic N) is 3. The van der Waals surface area contributed by atoms with Crippen molar-refractivity contribution in [1.29, 1.82) is 5.26 Å². The van der Waals surface area contributed by atoms with Crippen LogP contribution in [0.3, 0.4) is 0 Å². The number of benzene rings is 1. The topological polar surface area (TPSA) is 49.2 Å². The minimum atomic E-state index is -0.0872. The van der Waals surface area contributed by atoms with Gasteiger partial charge in [-0.1, -0.05) is 18.2 Å². The fourth-order valence-corrected chi connectivity index (χ4v) is 5.09.